The van der Waals surface area contributed by atoms with Crippen molar-refractivity contribution in [3.63, 3.8) is 0 Å². The highest BCUT2D eigenvalue weighted by molar-refractivity contribution is 5.93. The lowest BCUT2D eigenvalue weighted by atomic mass is 9.90. The first-order chi connectivity index (χ1) is 16.7. The molecule has 0 spiro atoms. The zero-order chi connectivity index (χ0) is 23.3. The van der Waals surface area contributed by atoms with E-state index in [9.17, 15) is 10.2 Å². The van der Waals surface area contributed by atoms with E-state index in [0.717, 1.165) is 66.1 Å². The van der Waals surface area contributed by atoms with E-state index in [0.29, 0.717) is 0 Å². The van der Waals surface area contributed by atoms with Gasteiger partial charge in [0, 0.05) is 0 Å². The van der Waals surface area contributed by atoms with Gasteiger partial charge >= 0.3 is 0 Å². The van der Waals surface area contributed by atoms with Crippen molar-refractivity contribution in [2.45, 2.75) is 25.7 Å². The summed E-state index contributed by atoms with van der Waals surface area (Å²) in [5, 5.41) is 25.3. The lowest BCUT2D eigenvalue weighted by Gasteiger charge is -2.22. The van der Waals surface area contributed by atoms with Crippen LogP contribution in [-0.2, 0) is 6.42 Å². The second-order valence-corrected chi connectivity index (χ2v) is 9.21. The molecule has 1 fully saturated rings. The predicted octanol–water partition coefficient (Wildman–Crippen LogP) is 6.28. The summed E-state index contributed by atoms with van der Waals surface area (Å²) in [5.74, 6) is 2.15. The number of fused-ring (bicyclic) bond motifs is 1. The van der Waals surface area contributed by atoms with Gasteiger partial charge in [0.2, 0.25) is 0 Å². The van der Waals surface area contributed by atoms with Gasteiger partial charge in [0.25, 0.3) is 0 Å². The third-order valence-electron chi connectivity index (χ3n) is 6.79. The third-order valence-corrected chi connectivity index (χ3v) is 6.79. The zero-order valence-electron chi connectivity index (χ0n) is 19.3. The van der Waals surface area contributed by atoms with Crippen molar-refractivity contribution in [2.24, 2.45) is 5.92 Å². The molecule has 0 saturated carbocycles. The average molecular weight is 454 g/mol. The van der Waals surface area contributed by atoms with Crippen molar-refractivity contribution in [1.82, 2.24) is 5.32 Å². The normalized spacial score (nSPS) is 15.9. The SMILES string of the molecule is Oc1ccc(-c2ccc3cc(O)ccc3c2Cc2ccc(OCCC3CCCNC3)cc2)cc1. The van der Waals surface area contributed by atoms with Gasteiger partial charge in [-0.3, -0.25) is 0 Å². The molecule has 4 heteroatoms. The Labute approximate surface area is 200 Å². The Bertz CT molecular complexity index is 1240. The van der Waals surface area contributed by atoms with Gasteiger partial charge in [-0.1, -0.05) is 42.5 Å². The molecule has 1 unspecified atom stereocenters. The molecule has 1 heterocycles. The molecule has 5 rings (SSSR count). The van der Waals surface area contributed by atoms with Crippen LogP contribution >= 0.6 is 0 Å². The summed E-state index contributed by atoms with van der Waals surface area (Å²) in [6, 6.07) is 25.4. The predicted molar refractivity (Wildman–Crippen MR) is 138 cm³/mol. The van der Waals surface area contributed by atoms with Gasteiger partial charge in [0.1, 0.15) is 17.2 Å². The van der Waals surface area contributed by atoms with E-state index in [2.05, 4.69) is 35.6 Å². The summed E-state index contributed by atoms with van der Waals surface area (Å²) in [4.78, 5) is 0. The molecule has 0 amide bonds. The minimum atomic E-state index is 0.256. The molecule has 4 aromatic rings. The Morgan fingerprint density at radius 2 is 1.65 bits per heavy atom. The quantitative estimate of drug-likeness (QED) is 0.308. The fourth-order valence-electron chi connectivity index (χ4n) is 4.91. The van der Waals surface area contributed by atoms with Crippen LogP contribution in [0.2, 0.25) is 0 Å². The largest absolute Gasteiger partial charge is 0.508 e. The van der Waals surface area contributed by atoms with Crippen LogP contribution in [0.5, 0.6) is 17.2 Å². The Morgan fingerprint density at radius 3 is 2.41 bits per heavy atom. The van der Waals surface area contributed by atoms with E-state index in [1.165, 1.54) is 24.0 Å². The van der Waals surface area contributed by atoms with Gasteiger partial charge < -0.3 is 20.3 Å². The van der Waals surface area contributed by atoms with E-state index < -0.39 is 0 Å². The number of rotatable bonds is 7. The number of piperidine rings is 1. The number of nitrogens with one attached hydrogen (secondary N) is 1. The fourth-order valence-corrected chi connectivity index (χ4v) is 4.91. The van der Waals surface area contributed by atoms with Crippen molar-refractivity contribution in [1.29, 1.82) is 0 Å². The number of aromatic hydroxyl groups is 2. The maximum Gasteiger partial charge on any atom is 0.119 e. The number of ether oxygens (including phenoxy) is 1. The standard InChI is InChI=1S/C30H31NO3/c32-25-8-5-23(6-9-25)28-13-7-24-19-26(33)10-14-29(24)30(28)18-21-3-11-27(12-4-21)34-17-15-22-2-1-16-31-20-22/h3-14,19,22,31-33H,1-2,15-18,20H2. The number of phenolic OH excluding ortho intramolecular Hbond substituents is 2. The van der Waals surface area contributed by atoms with Gasteiger partial charge in [-0.25, -0.2) is 0 Å². The highest BCUT2D eigenvalue weighted by atomic mass is 16.5. The molecule has 1 aliphatic heterocycles. The monoisotopic (exact) mass is 453 g/mol. The molecule has 0 aliphatic carbocycles. The minimum Gasteiger partial charge on any atom is -0.508 e. The van der Waals surface area contributed by atoms with Crippen molar-refractivity contribution < 1.29 is 14.9 Å². The van der Waals surface area contributed by atoms with Crippen molar-refractivity contribution in [2.75, 3.05) is 19.7 Å². The zero-order valence-corrected chi connectivity index (χ0v) is 19.3. The second-order valence-electron chi connectivity index (χ2n) is 9.21. The molecular weight excluding hydrogens is 422 g/mol. The molecule has 174 valence electrons. The summed E-state index contributed by atoms with van der Waals surface area (Å²) in [6.45, 7) is 3.00. The van der Waals surface area contributed by atoms with Crippen LogP contribution in [-0.4, -0.2) is 29.9 Å². The summed E-state index contributed by atoms with van der Waals surface area (Å²) < 4.78 is 6.02. The average Bonchev–Trinajstić information content (AvgIpc) is 2.86. The molecule has 1 saturated heterocycles. The van der Waals surface area contributed by atoms with Gasteiger partial charge in [0.15, 0.2) is 0 Å². The van der Waals surface area contributed by atoms with Crippen LogP contribution in [0.3, 0.4) is 0 Å². The lowest BCUT2D eigenvalue weighted by molar-refractivity contribution is 0.254. The van der Waals surface area contributed by atoms with Crippen LogP contribution in [0, 0.1) is 5.92 Å². The molecule has 4 aromatic carbocycles. The topological polar surface area (TPSA) is 61.7 Å². The molecule has 0 bridgehead atoms. The molecule has 3 N–H and O–H groups in total. The number of benzene rings is 4. The van der Waals surface area contributed by atoms with Crippen molar-refractivity contribution >= 4 is 10.8 Å². The summed E-state index contributed by atoms with van der Waals surface area (Å²) in [5.41, 5.74) is 4.57. The minimum absolute atomic E-state index is 0.256. The third kappa shape index (κ3) is 5.18. The van der Waals surface area contributed by atoms with Gasteiger partial charge in [-0.05, 0) is 114 Å². The molecular formula is C30H31NO3. The van der Waals surface area contributed by atoms with E-state index in [1.54, 1.807) is 24.3 Å². The van der Waals surface area contributed by atoms with Crippen LogP contribution in [0.15, 0.2) is 78.9 Å². The fraction of sp³-hybridized carbons (Fsp3) is 0.267. The first kappa shape index (κ1) is 22.3. The summed E-state index contributed by atoms with van der Waals surface area (Å²) in [6.07, 6.45) is 4.40. The Balaban J connectivity index is 1.36. The second kappa shape index (κ2) is 10.2. The van der Waals surface area contributed by atoms with Crippen LogP contribution < -0.4 is 10.1 Å². The van der Waals surface area contributed by atoms with Crippen molar-refractivity contribution in [3.05, 3.63) is 90.0 Å². The number of hydrogen-bond acceptors (Lipinski definition) is 4. The van der Waals surface area contributed by atoms with E-state index in [1.807, 2.05) is 24.3 Å². The van der Waals surface area contributed by atoms with Gasteiger partial charge in [-0.15, -0.1) is 0 Å². The van der Waals surface area contributed by atoms with Gasteiger partial charge in [-0.2, -0.15) is 0 Å². The molecule has 1 atom stereocenters. The summed E-state index contributed by atoms with van der Waals surface area (Å²) >= 11 is 0. The van der Waals surface area contributed by atoms with Crippen LogP contribution in [0.1, 0.15) is 30.4 Å². The molecule has 1 aliphatic rings. The lowest BCUT2D eigenvalue weighted by Crippen LogP contribution is -2.30. The molecule has 0 radical (unpaired) electrons. The maximum absolute atomic E-state index is 9.97. The first-order valence-electron chi connectivity index (χ1n) is 12.1. The molecule has 4 nitrogen and oxygen atoms in total. The first-order valence-corrected chi connectivity index (χ1v) is 12.1. The molecule has 34 heavy (non-hydrogen) atoms. The Kier molecular flexibility index (Phi) is 6.68. The van der Waals surface area contributed by atoms with Crippen LogP contribution in [0.4, 0.5) is 0 Å². The summed E-state index contributed by atoms with van der Waals surface area (Å²) in [7, 11) is 0. The highest BCUT2D eigenvalue weighted by Crippen LogP contribution is 2.34. The van der Waals surface area contributed by atoms with Crippen molar-refractivity contribution in [3.8, 4) is 28.4 Å². The Morgan fingerprint density at radius 1 is 0.853 bits per heavy atom. The number of hydrogen-bond donors (Lipinski definition) is 3. The highest BCUT2D eigenvalue weighted by Gasteiger charge is 2.14. The Hall–Kier alpha value is -3.50. The van der Waals surface area contributed by atoms with E-state index in [4.69, 9.17) is 4.74 Å². The van der Waals surface area contributed by atoms with E-state index in [-0.39, 0.29) is 11.5 Å². The van der Waals surface area contributed by atoms with Gasteiger partial charge in [0.05, 0.1) is 6.61 Å². The maximum atomic E-state index is 9.97. The van der Waals surface area contributed by atoms with E-state index >= 15 is 0 Å². The van der Waals surface area contributed by atoms with Crippen LogP contribution in [0.25, 0.3) is 21.9 Å². The molecule has 0 aromatic heterocycles. The smallest absolute Gasteiger partial charge is 0.119 e. The number of phenols is 2.